The molecule has 1 aromatic carbocycles. The Morgan fingerprint density at radius 1 is 1.53 bits per heavy atom. The summed E-state index contributed by atoms with van der Waals surface area (Å²) in [6.07, 6.45) is 0. The van der Waals surface area contributed by atoms with Crippen LogP contribution >= 0.6 is 0 Å². The van der Waals surface area contributed by atoms with Crippen molar-refractivity contribution >= 4 is 11.7 Å². The van der Waals surface area contributed by atoms with Crippen molar-refractivity contribution in [1.82, 2.24) is 0 Å². The van der Waals surface area contributed by atoms with Gasteiger partial charge in [0.15, 0.2) is 0 Å². The van der Waals surface area contributed by atoms with Gasteiger partial charge in [0, 0.05) is 19.3 Å². The number of hydrogen-bond donors (Lipinski definition) is 1. The molecule has 0 unspecified atom stereocenters. The Bertz CT molecular complexity index is 385. The predicted octanol–water partition coefficient (Wildman–Crippen LogP) is 2.40. The molecule has 0 amide bonds. The summed E-state index contributed by atoms with van der Waals surface area (Å²) < 4.78 is 0. The van der Waals surface area contributed by atoms with Gasteiger partial charge in [-0.05, 0) is 25.1 Å². The third kappa shape index (κ3) is 3.13. The molecule has 0 bridgehead atoms. The van der Waals surface area contributed by atoms with Crippen molar-refractivity contribution in [3.8, 4) is 0 Å². The molecule has 0 aliphatic carbocycles. The van der Waals surface area contributed by atoms with Crippen LogP contribution in [-0.2, 0) is 0 Å². The Balaban J connectivity index is 2.89. The molecule has 0 aliphatic heterocycles. The lowest BCUT2D eigenvalue weighted by atomic mass is 10.2. The normalized spacial score (nSPS) is 9.73. The van der Waals surface area contributed by atoms with E-state index in [4.69, 9.17) is 5.11 Å². The molecule has 15 heavy (non-hydrogen) atoms. The molecule has 0 fully saturated rings. The standard InChI is InChI=1S/C12H15NO2/c1-9(2)8-13(3)11-6-4-5-10(7-11)12(14)15/h4-7H,1,8H2,2-3H3,(H,14,15). The fourth-order valence-corrected chi connectivity index (χ4v) is 1.37. The first-order chi connectivity index (χ1) is 7.00. The monoisotopic (exact) mass is 205 g/mol. The van der Waals surface area contributed by atoms with Crippen molar-refractivity contribution in [3.05, 3.63) is 42.0 Å². The topological polar surface area (TPSA) is 40.5 Å². The van der Waals surface area contributed by atoms with Crippen molar-refractivity contribution < 1.29 is 9.90 Å². The van der Waals surface area contributed by atoms with E-state index in [0.717, 1.165) is 17.8 Å². The number of anilines is 1. The van der Waals surface area contributed by atoms with Gasteiger partial charge in [-0.2, -0.15) is 0 Å². The van der Waals surface area contributed by atoms with Crippen LogP contribution in [0.5, 0.6) is 0 Å². The molecule has 1 aromatic rings. The van der Waals surface area contributed by atoms with E-state index in [1.165, 1.54) is 0 Å². The van der Waals surface area contributed by atoms with Gasteiger partial charge in [-0.15, -0.1) is 0 Å². The molecule has 0 aliphatic rings. The number of rotatable bonds is 4. The summed E-state index contributed by atoms with van der Waals surface area (Å²) in [6.45, 7) is 6.49. The first-order valence-corrected chi connectivity index (χ1v) is 4.69. The van der Waals surface area contributed by atoms with Crippen LogP contribution in [0.3, 0.4) is 0 Å². The molecule has 1 N–H and O–H groups in total. The van der Waals surface area contributed by atoms with Crippen LogP contribution in [0.1, 0.15) is 17.3 Å². The quantitative estimate of drug-likeness (QED) is 0.767. The lowest BCUT2D eigenvalue weighted by Crippen LogP contribution is -2.19. The van der Waals surface area contributed by atoms with Crippen molar-refractivity contribution in [2.75, 3.05) is 18.5 Å². The van der Waals surface area contributed by atoms with Crippen LogP contribution in [0.4, 0.5) is 5.69 Å². The predicted molar refractivity (Wildman–Crippen MR) is 61.5 cm³/mol. The number of likely N-dealkylation sites (N-methyl/N-ethyl adjacent to an activating group) is 1. The van der Waals surface area contributed by atoms with Gasteiger partial charge in [-0.25, -0.2) is 4.79 Å². The van der Waals surface area contributed by atoms with Gasteiger partial charge in [0.25, 0.3) is 0 Å². The van der Waals surface area contributed by atoms with Crippen LogP contribution in [0, 0.1) is 0 Å². The van der Waals surface area contributed by atoms with E-state index in [1.807, 2.05) is 24.9 Å². The van der Waals surface area contributed by atoms with Crippen LogP contribution in [0.15, 0.2) is 36.4 Å². The van der Waals surface area contributed by atoms with Crippen LogP contribution < -0.4 is 4.90 Å². The molecule has 0 aromatic heterocycles. The smallest absolute Gasteiger partial charge is 0.335 e. The second-order valence-corrected chi connectivity index (χ2v) is 3.67. The maximum atomic E-state index is 10.8. The molecule has 0 saturated heterocycles. The SMILES string of the molecule is C=C(C)CN(C)c1cccc(C(=O)O)c1. The van der Waals surface area contributed by atoms with Gasteiger partial charge in [0.1, 0.15) is 0 Å². The number of hydrogen-bond acceptors (Lipinski definition) is 2. The Morgan fingerprint density at radius 2 is 2.20 bits per heavy atom. The summed E-state index contributed by atoms with van der Waals surface area (Å²) in [5, 5.41) is 8.84. The van der Waals surface area contributed by atoms with Crippen molar-refractivity contribution in [1.29, 1.82) is 0 Å². The van der Waals surface area contributed by atoms with E-state index in [-0.39, 0.29) is 0 Å². The lowest BCUT2D eigenvalue weighted by Gasteiger charge is -2.19. The molecule has 0 radical (unpaired) electrons. The average Bonchev–Trinajstić information content (AvgIpc) is 2.17. The summed E-state index contributed by atoms with van der Waals surface area (Å²) in [5.41, 5.74) is 2.23. The molecular formula is C12H15NO2. The fourth-order valence-electron chi connectivity index (χ4n) is 1.37. The van der Waals surface area contributed by atoms with E-state index >= 15 is 0 Å². The van der Waals surface area contributed by atoms with Gasteiger partial charge in [0.2, 0.25) is 0 Å². The van der Waals surface area contributed by atoms with E-state index < -0.39 is 5.97 Å². The number of carbonyl (C=O) groups is 1. The van der Waals surface area contributed by atoms with Crippen molar-refractivity contribution in [2.24, 2.45) is 0 Å². The Labute approximate surface area is 89.6 Å². The van der Waals surface area contributed by atoms with Gasteiger partial charge < -0.3 is 10.0 Å². The second kappa shape index (κ2) is 4.64. The minimum absolute atomic E-state index is 0.307. The van der Waals surface area contributed by atoms with Gasteiger partial charge in [-0.1, -0.05) is 18.2 Å². The van der Waals surface area contributed by atoms with Crippen LogP contribution in [0.2, 0.25) is 0 Å². The highest BCUT2D eigenvalue weighted by molar-refractivity contribution is 5.88. The zero-order valence-electron chi connectivity index (χ0n) is 9.03. The summed E-state index contributed by atoms with van der Waals surface area (Å²) in [6, 6.07) is 6.87. The third-order valence-electron chi connectivity index (χ3n) is 2.04. The highest BCUT2D eigenvalue weighted by Crippen LogP contribution is 2.15. The van der Waals surface area contributed by atoms with Gasteiger partial charge in [0.05, 0.1) is 5.56 Å². The van der Waals surface area contributed by atoms with Crippen molar-refractivity contribution in [2.45, 2.75) is 6.92 Å². The molecule has 0 heterocycles. The molecule has 0 spiro atoms. The fraction of sp³-hybridized carbons (Fsp3) is 0.250. The molecule has 3 nitrogen and oxygen atoms in total. The second-order valence-electron chi connectivity index (χ2n) is 3.67. The Hall–Kier alpha value is -1.77. The first kappa shape index (κ1) is 11.3. The summed E-state index contributed by atoms with van der Waals surface area (Å²) >= 11 is 0. The average molecular weight is 205 g/mol. The Morgan fingerprint density at radius 3 is 2.73 bits per heavy atom. The van der Waals surface area contributed by atoms with Gasteiger partial charge >= 0.3 is 5.97 Å². The third-order valence-corrected chi connectivity index (χ3v) is 2.04. The zero-order valence-corrected chi connectivity index (χ0v) is 9.03. The zero-order chi connectivity index (χ0) is 11.4. The minimum Gasteiger partial charge on any atom is -0.478 e. The van der Waals surface area contributed by atoms with E-state index in [1.54, 1.807) is 18.2 Å². The molecule has 3 heteroatoms. The van der Waals surface area contributed by atoms with E-state index in [2.05, 4.69) is 6.58 Å². The number of nitrogens with zero attached hydrogens (tertiary/aromatic N) is 1. The number of benzene rings is 1. The number of carboxylic acids is 1. The van der Waals surface area contributed by atoms with Gasteiger partial charge in [-0.3, -0.25) is 0 Å². The molecule has 0 atom stereocenters. The maximum Gasteiger partial charge on any atom is 0.335 e. The molecule has 80 valence electrons. The number of aromatic carboxylic acids is 1. The highest BCUT2D eigenvalue weighted by Gasteiger charge is 2.05. The summed E-state index contributed by atoms with van der Waals surface area (Å²) in [4.78, 5) is 12.7. The largest absolute Gasteiger partial charge is 0.478 e. The molecule has 0 saturated carbocycles. The highest BCUT2D eigenvalue weighted by atomic mass is 16.4. The maximum absolute atomic E-state index is 10.8. The van der Waals surface area contributed by atoms with E-state index in [9.17, 15) is 4.79 Å². The van der Waals surface area contributed by atoms with Crippen LogP contribution in [0.25, 0.3) is 0 Å². The molecular weight excluding hydrogens is 190 g/mol. The summed E-state index contributed by atoms with van der Waals surface area (Å²) in [5.74, 6) is -0.902. The minimum atomic E-state index is -0.902. The van der Waals surface area contributed by atoms with Crippen LogP contribution in [-0.4, -0.2) is 24.7 Å². The summed E-state index contributed by atoms with van der Waals surface area (Å²) in [7, 11) is 1.91. The number of carboxylic acid groups (broad SMARTS) is 1. The van der Waals surface area contributed by atoms with Crippen molar-refractivity contribution in [3.63, 3.8) is 0 Å². The first-order valence-electron chi connectivity index (χ1n) is 4.69. The lowest BCUT2D eigenvalue weighted by molar-refractivity contribution is 0.0697. The Kier molecular flexibility index (Phi) is 3.50. The molecule has 1 rings (SSSR count). The van der Waals surface area contributed by atoms with E-state index in [0.29, 0.717) is 5.56 Å².